The van der Waals surface area contributed by atoms with E-state index in [0.717, 1.165) is 13.0 Å². The number of carboxylic acid groups (broad SMARTS) is 1. The third-order valence-corrected chi connectivity index (χ3v) is 9.82. The van der Waals surface area contributed by atoms with Gasteiger partial charge in [-0.15, -0.1) is 0 Å². The number of aliphatic carboxylic acids is 1. The zero-order valence-corrected chi connectivity index (χ0v) is 22.7. The van der Waals surface area contributed by atoms with E-state index < -0.39 is 13.6 Å². The molecule has 34 heavy (non-hydrogen) atoms. The summed E-state index contributed by atoms with van der Waals surface area (Å²) in [4.78, 5) is 8.89. The van der Waals surface area contributed by atoms with Crippen LogP contribution in [0.3, 0.4) is 0 Å². The number of hydrogen-bond donors (Lipinski definition) is 4. The monoisotopic (exact) mass is 500 g/mol. The smallest absolute Gasteiger partial charge is 0.279 e. The Kier molecular flexibility index (Phi) is 14.9. The van der Waals surface area contributed by atoms with Crippen LogP contribution >= 0.6 is 7.59 Å². The van der Waals surface area contributed by atoms with Gasteiger partial charge < -0.3 is 15.6 Å². The number of quaternary nitrogens is 1. The lowest BCUT2D eigenvalue weighted by molar-refractivity contribution is -0.425. The van der Waals surface area contributed by atoms with Gasteiger partial charge in [0.25, 0.3) is 7.59 Å². The maximum absolute atomic E-state index is 13.7. The van der Waals surface area contributed by atoms with Gasteiger partial charge in [-0.3, -0.25) is 4.57 Å². The number of hydrogen-bond acceptors (Lipinski definition) is 3. The molecule has 0 atom stereocenters. The van der Waals surface area contributed by atoms with E-state index in [1.807, 2.05) is 0 Å². The van der Waals surface area contributed by atoms with Gasteiger partial charge in [-0.25, -0.2) is 15.3 Å². The lowest BCUT2D eigenvalue weighted by Gasteiger charge is -2.36. The second kappa shape index (κ2) is 17.1. The molecule has 0 spiro atoms. The van der Waals surface area contributed by atoms with E-state index in [2.05, 4.69) is 21.0 Å². The van der Waals surface area contributed by atoms with E-state index in [1.165, 1.54) is 128 Å². The van der Waals surface area contributed by atoms with E-state index >= 15 is 0 Å². The minimum atomic E-state index is -2.67. The van der Waals surface area contributed by atoms with Crippen LogP contribution in [0.4, 0.5) is 0 Å². The fourth-order valence-electron chi connectivity index (χ4n) is 5.77. The van der Waals surface area contributed by atoms with E-state index in [0.29, 0.717) is 18.1 Å². The van der Waals surface area contributed by atoms with Crippen LogP contribution in [0.1, 0.15) is 135 Å². The number of carbonyl (C=O) groups is 1. The van der Waals surface area contributed by atoms with Crippen molar-refractivity contribution >= 4 is 13.6 Å². The molecule has 200 valence electrons. The minimum absolute atomic E-state index is 0.432. The SMILES string of the molecule is CC(=O)[O-].O=P(NC1CCCCC1)(NC1CCCCC1)NC1CCCCC1.[NH3+]C1CCCCC1. The molecule has 0 radical (unpaired) electrons. The first-order valence-corrected chi connectivity index (χ1v) is 16.0. The molecule has 0 heterocycles. The number of nitrogens with one attached hydrogen (secondary N) is 3. The molecule has 8 heteroatoms. The van der Waals surface area contributed by atoms with Crippen LogP contribution in [0.2, 0.25) is 0 Å². The average Bonchev–Trinajstić information content (AvgIpc) is 2.81. The van der Waals surface area contributed by atoms with Gasteiger partial charge in [0.2, 0.25) is 0 Å². The summed E-state index contributed by atoms with van der Waals surface area (Å²) < 4.78 is 13.7. The van der Waals surface area contributed by atoms with Gasteiger partial charge in [-0.1, -0.05) is 64.2 Å². The third-order valence-electron chi connectivity index (χ3n) is 7.63. The minimum Gasteiger partial charge on any atom is -0.550 e. The fraction of sp³-hybridized carbons (Fsp3) is 0.962. The molecule has 4 saturated carbocycles. The van der Waals surface area contributed by atoms with Crippen molar-refractivity contribution < 1.29 is 20.2 Å². The van der Waals surface area contributed by atoms with Crippen molar-refractivity contribution in [2.75, 3.05) is 0 Å². The summed E-state index contributed by atoms with van der Waals surface area (Å²) in [5.74, 6) is -1.08. The van der Waals surface area contributed by atoms with Crippen molar-refractivity contribution in [1.29, 1.82) is 0 Å². The molecule has 0 saturated heterocycles. The molecular weight excluding hydrogens is 447 g/mol. The lowest BCUT2D eigenvalue weighted by atomic mass is 9.96. The topological polar surface area (TPSA) is 121 Å². The first kappa shape index (κ1) is 29.8. The van der Waals surface area contributed by atoms with Gasteiger partial charge in [0.05, 0.1) is 6.04 Å². The lowest BCUT2D eigenvalue weighted by Crippen LogP contribution is -2.61. The summed E-state index contributed by atoms with van der Waals surface area (Å²) in [6, 6.07) is 2.08. The zero-order chi connectivity index (χ0) is 24.7. The van der Waals surface area contributed by atoms with Crippen LogP contribution in [-0.4, -0.2) is 30.1 Å². The Bertz CT molecular complexity index is 522. The van der Waals surface area contributed by atoms with Crippen molar-refractivity contribution in [3.05, 3.63) is 0 Å². The van der Waals surface area contributed by atoms with Crippen molar-refractivity contribution in [1.82, 2.24) is 15.3 Å². The standard InChI is InChI=1S/C18H36N3OP.C6H13N.C2H4O2/c22-23(19-16-10-4-1-5-11-16,20-17-12-6-2-7-13-17)21-18-14-8-3-9-15-18;7-6-4-2-1-3-5-6;1-2(3)4/h16-18H,1-15H2,(H3,19,20,21,22);6H,1-5,7H2;1H3,(H,3,4). The van der Waals surface area contributed by atoms with Crippen LogP contribution in [0.5, 0.6) is 0 Å². The van der Waals surface area contributed by atoms with Gasteiger partial charge in [0.15, 0.2) is 0 Å². The summed E-state index contributed by atoms with van der Waals surface area (Å²) in [7, 11) is -2.67. The van der Waals surface area contributed by atoms with Crippen molar-refractivity contribution in [3.63, 3.8) is 0 Å². The van der Waals surface area contributed by atoms with E-state index in [4.69, 9.17) is 9.90 Å². The summed E-state index contributed by atoms with van der Waals surface area (Å²) in [5, 5.41) is 19.6. The molecule has 6 N–H and O–H groups in total. The highest BCUT2D eigenvalue weighted by molar-refractivity contribution is 7.57. The molecule has 4 rings (SSSR count). The summed E-state index contributed by atoms with van der Waals surface area (Å²) in [6.07, 6.45) is 25.9. The highest BCUT2D eigenvalue weighted by Gasteiger charge is 2.32. The van der Waals surface area contributed by atoms with E-state index in [-0.39, 0.29) is 0 Å². The summed E-state index contributed by atoms with van der Waals surface area (Å²) in [5.41, 5.74) is 4.00. The fourth-order valence-corrected chi connectivity index (χ4v) is 8.31. The maximum Gasteiger partial charge on any atom is 0.279 e. The molecule has 0 aromatic carbocycles. The van der Waals surface area contributed by atoms with Crippen molar-refractivity contribution in [2.24, 2.45) is 0 Å². The Morgan fingerprint density at radius 2 is 0.853 bits per heavy atom. The Balaban J connectivity index is 0.000000307. The normalized spacial score (nSPS) is 23.8. The van der Waals surface area contributed by atoms with Crippen LogP contribution in [0.25, 0.3) is 0 Å². The molecular formula is C26H53N4O3P. The van der Waals surface area contributed by atoms with E-state index in [1.54, 1.807) is 0 Å². The van der Waals surface area contributed by atoms with Crippen LogP contribution in [0, 0.1) is 0 Å². The second-order valence-corrected chi connectivity index (χ2v) is 13.0. The molecule has 0 aromatic rings. The maximum atomic E-state index is 13.7. The number of carbonyl (C=O) groups excluding carboxylic acids is 1. The van der Waals surface area contributed by atoms with Gasteiger partial charge in [-0.05, 0) is 71.1 Å². The van der Waals surface area contributed by atoms with Gasteiger partial charge >= 0.3 is 0 Å². The number of carboxylic acids is 1. The zero-order valence-electron chi connectivity index (χ0n) is 21.8. The van der Waals surface area contributed by atoms with E-state index in [9.17, 15) is 4.57 Å². The second-order valence-electron chi connectivity index (χ2n) is 11.0. The molecule has 0 aromatic heterocycles. The molecule has 7 nitrogen and oxygen atoms in total. The van der Waals surface area contributed by atoms with Gasteiger partial charge in [0.1, 0.15) is 0 Å². The highest BCUT2D eigenvalue weighted by atomic mass is 31.2. The number of rotatable bonds is 6. The van der Waals surface area contributed by atoms with Crippen LogP contribution < -0.4 is 26.1 Å². The predicted octanol–water partition coefficient (Wildman–Crippen LogP) is 4.18. The van der Waals surface area contributed by atoms with Crippen molar-refractivity contribution in [2.45, 2.75) is 160 Å². The van der Waals surface area contributed by atoms with Crippen molar-refractivity contribution in [3.8, 4) is 0 Å². The molecule has 0 bridgehead atoms. The molecule has 4 aliphatic carbocycles. The highest BCUT2D eigenvalue weighted by Crippen LogP contribution is 2.39. The largest absolute Gasteiger partial charge is 0.550 e. The van der Waals surface area contributed by atoms with Gasteiger partial charge in [-0.2, -0.15) is 0 Å². The molecule has 0 amide bonds. The quantitative estimate of drug-likeness (QED) is 0.406. The molecule has 0 unspecified atom stereocenters. The summed E-state index contributed by atoms with van der Waals surface area (Å²) in [6.45, 7) is 0.972. The summed E-state index contributed by atoms with van der Waals surface area (Å²) >= 11 is 0. The Hall–Kier alpha value is -0.460. The molecule has 4 fully saturated rings. The molecule has 4 aliphatic rings. The van der Waals surface area contributed by atoms with Crippen LogP contribution in [-0.2, 0) is 9.36 Å². The molecule has 0 aliphatic heterocycles. The first-order chi connectivity index (χ1) is 16.4. The first-order valence-electron chi connectivity index (χ1n) is 14.3. The predicted molar refractivity (Wildman–Crippen MR) is 138 cm³/mol. The average molecular weight is 501 g/mol. The Morgan fingerprint density at radius 1 is 0.618 bits per heavy atom. The van der Waals surface area contributed by atoms with Crippen LogP contribution in [0.15, 0.2) is 0 Å². The Labute approximate surface area is 208 Å². The Morgan fingerprint density at radius 3 is 1.06 bits per heavy atom. The van der Waals surface area contributed by atoms with Gasteiger partial charge in [0, 0.05) is 24.1 Å². The third kappa shape index (κ3) is 13.6.